The number of aliphatic hydroxyl groups excluding tert-OH is 1. The Kier molecular flexibility index (Phi) is 3.41. The van der Waals surface area contributed by atoms with Crippen LogP contribution in [-0.4, -0.2) is 28.5 Å². The summed E-state index contributed by atoms with van der Waals surface area (Å²) in [6.45, 7) is 0.272. The van der Waals surface area contributed by atoms with E-state index < -0.39 is 6.10 Å². The Balaban J connectivity index is 2.23. The van der Waals surface area contributed by atoms with E-state index in [4.69, 9.17) is 15.3 Å². The summed E-state index contributed by atoms with van der Waals surface area (Å²) in [4.78, 5) is 3.87. The van der Waals surface area contributed by atoms with Gasteiger partial charge >= 0.3 is 0 Å². The van der Waals surface area contributed by atoms with Gasteiger partial charge in [-0.1, -0.05) is 11.8 Å². The number of aromatic nitrogens is 1. The van der Waals surface area contributed by atoms with E-state index in [0.29, 0.717) is 11.0 Å². The number of thioether (sulfide) groups is 1. The van der Waals surface area contributed by atoms with Gasteiger partial charge in [-0.05, 0) is 0 Å². The lowest BCUT2D eigenvalue weighted by molar-refractivity contribution is 0.207. The Morgan fingerprint density at radius 3 is 3.18 bits per heavy atom. The normalized spacial score (nSPS) is 13.3. The highest BCUT2D eigenvalue weighted by Crippen LogP contribution is 2.14. The fourth-order valence-electron chi connectivity index (χ4n) is 0.517. The summed E-state index contributed by atoms with van der Waals surface area (Å²) in [5.74, 6) is 0.525. The van der Waals surface area contributed by atoms with Crippen molar-refractivity contribution in [3.05, 3.63) is 12.5 Å². The van der Waals surface area contributed by atoms with Crippen molar-refractivity contribution in [3.63, 3.8) is 0 Å². The fraction of sp³-hybridized carbons (Fsp3) is 0.500. The lowest BCUT2D eigenvalue weighted by Gasteiger charge is -2.03. The molecule has 0 amide bonds. The fourth-order valence-corrected chi connectivity index (χ4v) is 1.25. The minimum atomic E-state index is -0.480. The number of hydrogen-bond acceptors (Lipinski definition) is 5. The van der Waals surface area contributed by atoms with Crippen molar-refractivity contribution in [2.75, 3.05) is 12.3 Å². The molecule has 0 saturated heterocycles. The van der Waals surface area contributed by atoms with Crippen LogP contribution in [-0.2, 0) is 0 Å². The van der Waals surface area contributed by atoms with Gasteiger partial charge in [0.15, 0.2) is 0 Å². The smallest absolute Gasteiger partial charge is 0.255 e. The molecule has 62 valence electrons. The predicted octanol–water partition coefficient (Wildman–Crippen LogP) is 0.0863. The molecule has 0 aliphatic rings. The maximum absolute atomic E-state index is 9.04. The molecule has 1 heterocycles. The van der Waals surface area contributed by atoms with E-state index in [1.807, 2.05) is 0 Å². The Bertz CT molecular complexity index is 190. The van der Waals surface area contributed by atoms with Crippen molar-refractivity contribution < 1.29 is 9.52 Å². The monoisotopic (exact) mass is 174 g/mol. The Hall–Kier alpha value is -0.520. The van der Waals surface area contributed by atoms with Gasteiger partial charge in [0.25, 0.3) is 5.22 Å². The zero-order valence-electron chi connectivity index (χ0n) is 5.93. The van der Waals surface area contributed by atoms with Crippen molar-refractivity contribution in [1.29, 1.82) is 0 Å². The molecule has 1 aromatic heterocycles. The number of nitrogens with zero attached hydrogens (tertiary/aromatic N) is 1. The zero-order chi connectivity index (χ0) is 8.10. The summed E-state index contributed by atoms with van der Waals surface area (Å²) in [5, 5.41) is 9.61. The van der Waals surface area contributed by atoms with Crippen LogP contribution in [0.2, 0.25) is 0 Å². The van der Waals surface area contributed by atoms with Crippen LogP contribution < -0.4 is 5.73 Å². The molecule has 1 rings (SSSR count). The molecule has 4 nitrogen and oxygen atoms in total. The van der Waals surface area contributed by atoms with Gasteiger partial charge < -0.3 is 15.3 Å². The minimum absolute atomic E-state index is 0.272. The second-order valence-electron chi connectivity index (χ2n) is 2.00. The van der Waals surface area contributed by atoms with Gasteiger partial charge in [-0.25, -0.2) is 4.98 Å². The molecule has 0 aliphatic heterocycles. The van der Waals surface area contributed by atoms with Crippen LogP contribution in [0.1, 0.15) is 0 Å². The molecule has 1 aromatic rings. The van der Waals surface area contributed by atoms with Crippen LogP contribution in [0.4, 0.5) is 0 Å². The molecule has 1 unspecified atom stereocenters. The molecule has 0 fully saturated rings. The average molecular weight is 174 g/mol. The molecule has 0 bridgehead atoms. The van der Waals surface area contributed by atoms with Gasteiger partial charge in [0, 0.05) is 12.3 Å². The first-order valence-electron chi connectivity index (χ1n) is 3.23. The van der Waals surface area contributed by atoms with E-state index in [1.165, 1.54) is 18.0 Å². The average Bonchev–Trinajstić information content (AvgIpc) is 2.52. The number of hydrogen-bond donors (Lipinski definition) is 2. The number of aliphatic hydroxyl groups is 1. The summed E-state index contributed by atoms with van der Waals surface area (Å²) >= 11 is 1.35. The van der Waals surface area contributed by atoms with E-state index in [2.05, 4.69) is 4.98 Å². The summed E-state index contributed by atoms with van der Waals surface area (Å²) in [5.41, 5.74) is 5.20. The van der Waals surface area contributed by atoms with Crippen molar-refractivity contribution in [1.82, 2.24) is 4.98 Å². The third kappa shape index (κ3) is 2.92. The molecule has 11 heavy (non-hydrogen) atoms. The Labute approximate surface area is 68.8 Å². The van der Waals surface area contributed by atoms with Crippen LogP contribution in [0.25, 0.3) is 0 Å². The molecule has 0 saturated carbocycles. The quantitative estimate of drug-likeness (QED) is 0.633. The molecular weight excluding hydrogens is 164 g/mol. The van der Waals surface area contributed by atoms with Crippen LogP contribution in [0, 0.1) is 0 Å². The van der Waals surface area contributed by atoms with Gasteiger partial charge in [0.1, 0.15) is 6.26 Å². The maximum Gasteiger partial charge on any atom is 0.255 e. The summed E-state index contributed by atoms with van der Waals surface area (Å²) in [7, 11) is 0. The molecule has 5 heteroatoms. The SMILES string of the molecule is NCC(O)CSc1ncco1. The Morgan fingerprint density at radius 2 is 2.64 bits per heavy atom. The van der Waals surface area contributed by atoms with Gasteiger partial charge in [-0.2, -0.15) is 0 Å². The van der Waals surface area contributed by atoms with E-state index >= 15 is 0 Å². The van der Waals surface area contributed by atoms with Gasteiger partial charge in [0.2, 0.25) is 0 Å². The van der Waals surface area contributed by atoms with Crippen molar-refractivity contribution in [3.8, 4) is 0 Å². The first kappa shape index (κ1) is 8.58. The maximum atomic E-state index is 9.04. The summed E-state index contributed by atoms with van der Waals surface area (Å²) in [6.07, 6.45) is 2.58. The van der Waals surface area contributed by atoms with Gasteiger partial charge in [-0.15, -0.1) is 0 Å². The van der Waals surface area contributed by atoms with E-state index in [-0.39, 0.29) is 6.54 Å². The van der Waals surface area contributed by atoms with Crippen LogP contribution in [0.15, 0.2) is 22.1 Å². The van der Waals surface area contributed by atoms with Crippen LogP contribution in [0.3, 0.4) is 0 Å². The predicted molar refractivity (Wildman–Crippen MR) is 42.3 cm³/mol. The molecule has 0 aromatic carbocycles. The van der Waals surface area contributed by atoms with E-state index in [0.717, 1.165) is 0 Å². The molecule has 0 spiro atoms. The van der Waals surface area contributed by atoms with Crippen molar-refractivity contribution in [2.45, 2.75) is 11.3 Å². The number of nitrogens with two attached hydrogens (primary N) is 1. The molecular formula is C6H10N2O2S. The first-order chi connectivity index (χ1) is 5.33. The topological polar surface area (TPSA) is 72.3 Å². The summed E-state index contributed by atoms with van der Waals surface area (Å²) in [6, 6.07) is 0. The second kappa shape index (κ2) is 4.38. The van der Waals surface area contributed by atoms with Gasteiger partial charge in [-0.3, -0.25) is 0 Å². The summed E-state index contributed by atoms with van der Waals surface area (Å²) < 4.78 is 4.93. The number of rotatable bonds is 4. The standard InChI is InChI=1S/C6H10N2O2S/c7-3-5(9)4-11-6-8-1-2-10-6/h1-2,5,9H,3-4,7H2. The van der Waals surface area contributed by atoms with E-state index in [1.54, 1.807) is 6.20 Å². The highest BCUT2D eigenvalue weighted by atomic mass is 32.2. The van der Waals surface area contributed by atoms with Crippen LogP contribution in [0.5, 0.6) is 0 Å². The number of oxazole rings is 1. The van der Waals surface area contributed by atoms with Crippen molar-refractivity contribution >= 4 is 11.8 Å². The van der Waals surface area contributed by atoms with Crippen LogP contribution >= 0.6 is 11.8 Å². The van der Waals surface area contributed by atoms with Gasteiger partial charge in [0.05, 0.1) is 12.3 Å². The molecule has 1 atom stereocenters. The zero-order valence-corrected chi connectivity index (χ0v) is 6.75. The second-order valence-corrected chi connectivity index (χ2v) is 2.97. The minimum Gasteiger partial charge on any atom is -0.440 e. The Morgan fingerprint density at radius 1 is 1.82 bits per heavy atom. The molecule has 0 radical (unpaired) electrons. The third-order valence-electron chi connectivity index (χ3n) is 1.08. The molecule has 0 aliphatic carbocycles. The third-order valence-corrected chi connectivity index (χ3v) is 2.08. The lowest BCUT2D eigenvalue weighted by Crippen LogP contribution is -2.21. The highest BCUT2D eigenvalue weighted by molar-refractivity contribution is 7.99. The highest BCUT2D eigenvalue weighted by Gasteiger charge is 2.04. The molecule has 3 N–H and O–H groups in total. The van der Waals surface area contributed by atoms with E-state index in [9.17, 15) is 0 Å². The first-order valence-corrected chi connectivity index (χ1v) is 4.22. The lowest BCUT2D eigenvalue weighted by atomic mass is 10.4. The largest absolute Gasteiger partial charge is 0.440 e. The van der Waals surface area contributed by atoms with Crippen molar-refractivity contribution in [2.24, 2.45) is 5.73 Å².